The van der Waals surface area contributed by atoms with E-state index in [1.165, 1.54) is 16.5 Å². The van der Waals surface area contributed by atoms with Crippen LogP contribution >= 0.6 is 0 Å². The van der Waals surface area contributed by atoms with Crippen molar-refractivity contribution in [2.45, 2.75) is 19.9 Å². The lowest BCUT2D eigenvalue weighted by molar-refractivity contribution is 0.302. The van der Waals surface area contributed by atoms with Crippen LogP contribution in [-0.4, -0.2) is 18.3 Å². The minimum Gasteiger partial charge on any atom is -0.497 e. The van der Waals surface area contributed by atoms with Crippen molar-refractivity contribution < 1.29 is 9.47 Å². The summed E-state index contributed by atoms with van der Waals surface area (Å²) in [5.74, 6) is 1.83. The Bertz CT molecular complexity index is 744. The van der Waals surface area contributed by atoms with Crippen LogP contribution in [0.3, 0.4) is 0 Å². The fraction of sp³-hybridized carbons (Fsp3) is 0.263. The van der Waals surface area contributed by atoms with Gasteiger partial charge in [-0.15, -0.1) is 0 Å². The van der Waals surface area contributed by atoms with Gasteiger partial charge in [0.1, 0.15) is 11.5 Å². The van der Waals surface area contributed by atoms with E-state index >= 15 is 0 Å². The molecule has 3 nitrogen and oxygen atoms in total. The van der Waals surface area contributed by atoms with Crippen LogP contribution in [0.2, 0.25) is 0 Å². The Morgan fingerprint density at radius 1 is 0.955 bits per heavy atom. The number of fused-ring (bicyclic) bond motifs is 1. The zero-order valence-corrected chi connectivity index (χ0v) is 13.1. The highest BCUT2D eigenvalue weighted by atomic mass is 16.5. The number of benzene rings is 2. The number of nitrogens with zero attached hydrogens (tertiary/aromatic N) is 1. The summed E-state index contributed by atoms with van der Waals surface area (Å²) in [6.45, 7) is 3.75. The summed E-state index contributed by atoms with van der Waals surface area (Å²) < 4.78 is 13.3. The van der Waals surface area contributed by atoms with Gasteiger partial charge in [0.2, 0.25) is 0 Å². The topological polar surface area (TPSA) is 23.4 Å². The van der Waals surface area contributed by atoms with Crippen molar-refractivity contribution in [1.82, 2.24) is 4.57 Å². The second-order valence-corrected chi connectivity index (χ2v) is 5.45. The average Bonchev–Trinajstić information content (AvgIpc) is 2.95. The highest BCUT2D eigenvalue weighted by molar-refractivity contribution is 5.81. The van der Waals surface area contributed by atoms with Crippen LogP contribution in [0.4, 0.5) is 0 Å². The van der Waals surface area contributed by atoms with Crippen molar-refractivity contribution in [3.8, 4) is 11.5 Å². The molecule has 0 aliphatic rings. The highest BCUT2D eigenvalue weighted by Gasteiger charge is 2.02. The van der Waals surface area contributed by atoms with E-state index in [2.05, 4.69) is 48.0 Å². The van der Waals surface area contributed by atoms with Crippen LogP contribution in [-0.2, 0) is 6.54 Å². The molecule has 0 unspecified atom stereocenters. The first-order valence-electron chi connectivity index (χ1n) is 7.58. The Morgan fingerprint density at radius 2 is 1.73 bits per heavy atom. The molecule has 1 aromatic heterocycles. The molecule has 3 aromatic rings. The normalized spacial score (nSPS) is 10.8. The van der Waals surface area contributed by atoms with Gasteiger partial charge in [0.25, 0.3) is 0 Å². The van der Waals surface area contributed by atoms with E-state index in [1.807, 2.05) is 18.2 Å². The maximum absolute atomic E-state index is 5.77. The first kappa shape index (κ1) is 14.5. The van der Waals surface area contributed by atoms with Crippen LogP contribution in [0, 0.1) is 6.92 Å². The third-order valence-electron chi connectivity index (χ3n) is 3.81. The SMILES string of the molecule is COc1ccc2c(ccn2CCCOc2ccc(C)cc2)c1. The van der Waals surface area contributed by atoms with Gasteiger partial charge in [0.15, 0.2) is 0 Å². The molecule has 0 saturated carbocycles. The van der Waals surface area contributed by atoms with Gasteiger partial charge in [-0.3, -0.25) is 0 Å². The van der Waals surface area contributed by atoms with Crippen LogP contribution in [0.15, 0.2) is 54.7 Å². The molecule has 0 fully saturated rings. The van der Waals surface area contributed by atoms with Crippen molar-refractivity contribution in [2.75, 3.05) is 13.7 Å². The van der Waals surface area contributed by atoms with Gasteiger partial charge in [-0.1, -0.05) is 17.7 Å². The fourth-order valence-corrected chi connectivity index (χ4v) is 2.56. The predicted molar refractivity (Wildman–Crippen MR) is 89.8 cm³/mol. The molecule has 0 bridgehead atoms. The molecule has 0 aliphatic carbocycles. The summed E-state index contributed by atoms with van der Waals surface area (Å²) in [4.78, 5) is 0. The van der Waals surface area contributed by atoms with E-state index in [-0.39, 0.29) is 0 Å². The summed E-state index contributed by atoms with van der Waals surface area (Å²) in [5, 5.41) is 1.21. The van der Waals surface area contributed by atoms with E-state index in [0.29, 0.717) is 0 Å². The van der Waals surface area contributed by atoms with Gasteiger partial charge >= 0.3 is 0 Å². The molecule has 3 heteroatoms. The second-order valence-electron chi connectivity index (χ2n) is 5.45. The van der Waals surface area contributed by atoms with Crippen molar-refractivity contribution in [2.24, 2.45) is 0 Å². The Hall–Kier alpha value is -2.42. The zero-order chi connectivity index (χ0) is 15.4. The zero-order valence-electron chi connectivity index (χ0n) is 13.1. The van der Waals surface area contributed by atoms with Crippen LogP contribution in [0.1, 0.15) is 12.0 Å². The Balaban J connectivity index is 1.56. The first-order valence-corrected chi connectivity index (χ1v) is 7.58. The minimum atomic E-state index is 0.721. The molecule has 0 saturated heterocycles. The lowest BCUT2D eigenvalue weighted by Crippen LogP contribution is -2.03. The highest BCUT2D eigenvalue weighted by Crippen LogP contribution is 2.22. The molecule has 0 spiro atoms. The quantitative estimate of drug-likeness (QED) is 0.628. The fourth-order valence-electron chi connectivity index (χ4n) is 2.56. The number of rotatable bonds is 6. The molecule has 2 aromatic carbocycles. The summed E-state index contributed by atoms with van der Waals surface area (Å²) in [5.41, 5.74) is 2.48. The van der Waals surface area contributed by atoms with Gasteiger partial charge in [0, 0.05) is 23.6 Å². The smallest absolute Gasteiger partial charge is 0.119 e. The molecule has 3 rings (SSSR count). The molecule has 0 atom stereocenters. The first-order chi connectivity index (χ1) is 10.8. The lowest BCUT2D eigenvalue weighted by atomic mass is 10.2. The summed E-state index contributed by atoms with van der Waals surface area (Å²) >= 11 is 0. The van der Waals surface area contributed by atoms with E-state index in [4.69, 9.17) is 9.47 Å². The number of aromatic nitrogens is 1. The average molecular weight is 295 g/mol. The number of aryl methyl sites for hydroxylation is 2. The summed E-state index contributed by atoms with van der Waals surface area (Å²) in [7, 11) is 1.70. The van der Waals surface area contributed by atoms with Crippen molar-refractivity contribution in [3.05, 3.63) is 60.3 Å². The van der Waals surface area contributed by atoms with Crippen LogP contribution < -0.4 is 9.47 Å². The van der Waals surface area contributed by atoms with Gasteiger partial charge in [-0.2, -0.15) is 0 Å². The maximum Gasteiger partial charge on any atom is 0.119 e. The molecule has 0 radical (unpaired) electrons. The number of hydrogen-bond acceptors (Lipinski definition) is 2. The van der Waals surface area contributed by atoms with Gasteiger partial charge in [0.05, 0.1) is 13.7 Å². The monoisotopic (exact) mass is 295 g/mol. The summed E-state index contributed by atoms with van der Waals surface area (Å²) in [6, 6.07) is 16.5. The Kier molecular flexibility index (Phi) is 4.33. The Morgan fingerprint density at radius 3 is 2.50 bits per heavy atom. The predicted octanol–water partition coefficient (Wildman–Crippen LogP) is 4.43. The summed E-state index contributed by atoms with van der Waals surface area (Å²) in [6.07, 6.45) is 3.10. The van der Waals surface area contributed by atoms with E-state index in [0.717, 1.165) is 31.1 Å². The molecule has 1 heterocycles. The third kappa shape index (κ3) is 3.25. The number of ether oxygens (including phenoxy) is 2. The van der Waals surface area contributed by atoms with Gasteiger partial charge in [-0.25, -0.2) is 0 Å². The lowest BCUT2D eigenvalue weighted by Gasteiger charge is -2.08. The third-order valence-corrected chi connectivity index (χ3v) is 3.81. The molecule has 114 valence electrons. The Labute approximate surface area is 131 Å². The molecular weight excluding hydrogens is 274 g/mol. The largest absolute Gasteiger partial charge is 0.497 e. The standard InChI is InChI=1S/C19H21NO2/c1-15-4-6-17(7-5-15)22-13-3-11-20-12-10-16-14-18(21-2)8-9-19(16)20/h4-10,12,14H,3,11,13H2,1-2H3. The van der Waals surface area contributed by atoms with Crippen molar-refractivity contribution >= 4 is 10.9 Å². The maximum atomic E-state index is 5.77. The number of methoxy groups -OCH3 is 1. The van der Waals surface area contributed by atoms with Gasteiger partial charge in [-0.05, 0) is 49.7 Å². The molecule has 0 aliphatic heterocycles. The molecular formula is C19H21NO2. The molecule has 0 N–H and O–H groups in total. The van der Waals surface area contributed by atoms with Crippen LogP contribution in [0.5, 0.6) is 11.5 Å². The van der Waals surface area contributed by atoms with E-state index in [1.54, 1.807) is 7.11 Å². The van der Waals surface area contributed by atoms with E-state index in [9.17, 15) is 0 Å². The minimum absolute atomic E-state index is 0.721. The second kappa shape index (κ2) is 6.56. The van der Waals surface area contributed by atoms with Gasteiger partial charge < -0.3 is 14.0 Å². The molecule has 0 amide bonds. The van der Waals surface area contributed by atoms with Crippen molar-refractivity contribution in [3.63, 3.8) is 0 Å². The van der Waals surface area contributed by atoms with Crippen LogP contribution in [0.25, 0.3) is 10.9 Å². The molecule has 22 heavy (non-hydrogen) atoms. The number of hydrogen-bond donors (Lipinski definition) is 0. The van der Waals surface area contributed by atoms with E-state index < -0.39 is 0 Å². The van der Waals surface area contributed by atoms with Crippen molar-refractivity contribution in [1.29, 1.82) is 0 Å².